The van der Waals surface area contributed by atoms with E-state index in [-0.39, 0.29) is 30.7 Å². The van der Waals surface area contributed by atoms with Crippen molar-refractivity contribution in [3.8, 4) is 5.75 Å². The van der Waals surface area contributed by atoms with Gasteiger partial charge in [-0.15, -0.1) is 12.4 Å². The number of thiazole rings is 1. The van der Waals surface area contributed by atoms with Crippen LogP contribution in [0.1, 0.15) is 31.7 Å². The molecule has 0 radical (unpaired) electrons. The number of aromatic nitrogens is 1. The molecule has 1 aromatic heterocycles. The molecule has 3 aromatic rings. The normalized spacial score (nSPS) is 14.2. The molecule has 1 fully saturated rings. The lowest BCUT2D eigenvalue weighted by atomic mass is 10.0. The number of hydrogen-bond acceptors (Lipinski definition) is 6. The molecule has 0 unspecified atom stereocenters. The van der Waals surface area contributed by atoms with Crippen molar-refractivity contribution in [3.63, 3.8) is 0 Å². The fourth-order valence-corrected chi connectivity index (χ4v) is 4.81. The van der Waals surface area contributed by atoms with Crippen molar-refractivity contribution in [2.75, 3.05) is 50.9 Å². The summed E-state index contributed by atoms with van der Waals surface area (Å²) in [6, 6.07) is 12.3. The van der Waals surface area contributed by atoms with E-state index >= 15 is 0 Å². The zero-order valence-corrected chi connectivity index (χ0v) is 21.2. The Bertz CT molecular complexity index is 1070. The Morgan fingerprint density at radius 3 is 2.65 bits per heavy atom. The second-order valence-corrected chi connectivity index (χ2v) is 9.48. The van der Waals surface area contributed by atoms with Crippen molar-refractivity contribution in [1.29, 1.82) is 0 Å². The first kappa shape index (κ1) is 26.3. The summed E-state index contributed by atoms with van der Waals surface area (Å²) in [5, 5.41) is 0.571. The van der Waals surface area contributed by atoms with Gasteiger partial charge in [0.25, 0.3) is 5.91 Å². The summed E-state index contributed by atoms with van der Waals surface area (Å²) < 4.78 is 25.6. The van der Waals surface area contributed by atoms with Crippen molar-refractivity contribution < 1.29 is 18.7 Å². The van der Waals surface area contributed by atoms with Crippen molar-refractivity contribution in [3.05, 3.63) is 53.8 Å². The van der Waals surface area contributed by atoms with Crippen LogP contribution in [-0.2, 0) is 9.53 Å². The smallest absolute Gasteiger partial charge is 0.266 e. The maximum absolute atomic E-state index is 13.7. The highest BCUT2D eigenvalue weighted by Gasteiger charge is 2.21. The van der Waals surface area contributed by atoms with Gasteiger partial charge in [-0.1, -0.05) is 37.3 Å². The lowest BCUT2D eigenvalue weighted by molar-refractivity contribution is -0.120. The van der Waals surface area contributed by atoms with E-state index in [9.17, 15) is 9.18 Å². The van der Waals surface area contributed by atoms with Crippen LogP contribution in [0.4, 0.5) is 9.52 Å². The van der Waals surface area contributed by atoms with E-state index in [0.717, 1.165) is 44.0 Å². The largest absolute Gasteiger partial charge is 0.484 e. The molecule has 4 rings (SSSR count). The van der Waals surface area contributed by atoms with Crippen molar-refractivity contribution in [1.82, 2.24) is 9.88 Å². The molecule has 6 nitrogen and oxygen atoms in total. The van der Waals surface area contributed by atoms with E-state index in [1.54, 1.807) is 11.0 Å². The first-order valence-electron chi connectivity index (χ1n) is 11.4. The van der Waals surface area contributed by atoms with Crippen LogP contribution in [0.3, 0.4) is 0 Å². The summed E-state index contributed by atoms with van der Waals surface area (Å²) >= 11 is 1.33. The van der Waals surface area contributed by atoms with Gasteiger partial charge >= 0.3 is 0 Å². The predicted octanol–water partition coefficient (Wildman–Crippen LogP) is 5.11. The zero-order chi connectivity index (χ0) is 23.2. The fraction of sp³-hybridized carbons (Fsp3) is 0.440. The minimum Gasteiger partial charge on any atom is -0.484 e. The number of amides is 1. The second-order valence-electron chi connectivity index (χ2n) is 8.47. The van der Waals surface area contributed by atoms with Crippen LogP contribution >= 0.6 is 23.7 Å². The molecule has 2 heterocycles. The second kappa shape index (κ2) is 12.4. The van der Waals surface area contributed by atoms with Crippen LogP contribution in [0.15, 0.2) is 42.5 Å². The maximum Gasteiger partial charge on any atom is 0.266 e. The molecular weight excluding hydrogens is 477 g/mol. The highest BCUT2D eigenvalue weighted by molar-refractivity contribution is 7.22. The molecule has 0 aliphatic carbocycles. The number of anilines is 1. The average Bonchev–Trinajstić information content (AvgIpc) is 3.24. The molecule has 0 saturated carbocycles. The Balaban J connectivity index is 0.00000324. The number of ether oxygens (including phenoxy) is 2. The van der Waals surface area contributed by atoms with Gasteiger partial charge in [0, 0.05) is 26.2 Å². The van der Waals surface area contributed by atoms with Gasteiger partial charge in [-0.3, -0.25) is 14.6 Å². The number of carbonyl (C=O) groups excluding carboxylic acids is 1. The Kier molecular flexibility index (Phi) is 9.64. The van der Waals surface area contributed by atoms with Gasteiger partial charge in [-0.2, -0.15) is 0 Å². The van der Waals surface area contributed by atoms with Crippen molar-refractivity contribution in [2.24, 2.45) is 0 Å². The van der Waals surface area contributed by atoms with E-state index < -0.39 is 0 Å². The molecule has 1 aliphatic rings. The molecule has 184 valence electrons. The summed E-state index contributed by atoms with van der Waals surface area (Å²) in [6.07, 6.45) is 0.805. The number of morpholine rings is 1. The molecule has 1 saturated heterocycles. The molecule has 0 bridgehead atoms. The molecule has 9 heteroatoms. The summed E-state index contributed by atoms with van der Waals surface area (Å²) in [7, 11) is 0. The Hall–Kier alpha value is -2.26. The van der Waals surface area contributed by atoms with Crippen LogP contribution < -0.4 is 9.64 Å². The van der Waals surface area contributed by atoms with Gasteiger partial charge in [0.1, 0.15) is 11.6 Å². The summed E-state index contributed by atoms with van der Waals surface area (Å²) in [5.41, 5.74) is 1.91. The molecule has 1 amide bonds. The number of carbonyl (C=O) groups is 1. The first-order valence-corrected chi connectivity index (χ1v) is 12.2. The Labute approximate surface area is 210 Å². The van der Waals surface area contributed by atoms with Crippen LogP contribution in [0.5, 0.6) is 5.75 Å². The molecule has 0 atom stereocenters. The molecular formula is C25H31ClFN3O3S. The number of benzene rings is 2. The third-order valence-corrected chi connectivity index (χ3v) is 6.78. The van der Waals surface area contributed by atoms with Crippen LogP contribution in [0, 0.1) is 5.82 Å². The summed E-state index contributed by atoms with van der Waals surface area (Å²) in [6.45, 7) is 8.90. The molecule has 0 N–H and O–H groups in total. The summed E-state index contributed by atoms with van der Waals surface area (Å²) in [4.78, 5) is 21.8. The van der Waals surface area contributed by atoms with Crippen LogP contribution in [0.25, 0.3) is 10.2 Å². The van der Waals surface area contributed by atoms with Crippen molar-refractivity contribution >= 4 is 45.0 Å². The Morgan fingerprint density at radius 1 is 1.21 bits per heavy atom. The van der Waals surface area contributed by atoms with Crippen LogP contribution in [-0.4, -0.2) is 61.8 Å². The van der Waals surface area contributed by atoms with E-state index in [0.29, 0.717) is 28.9 Å². The minimum atomic E-state index is -0.309. The van der Waals surface area contributed by atoms with Crippen molar-refractivity contribution in [2.45, 2.75) is 26.2 Å². The highest BCUT2D eigenvalue weighted by atomic mass is 35.5. The van der Waals surface area contributed by atoms with Gasteiger partial charge in [0.15, 0.2) is 11.7 Å². The SMILES string of the molecule is CC(C)c1ccc(OCC(=O)N(CCCN2CCOCC2)c2nc3ccc(F)cc3s2)cc1.Cl. The monoisotopic (exact) mass is 507 g/mol. The first-order chi connectivity index (χ1) is 16.0. The molecule has 34 heavy (non-hydrogen) atoms. The topological polar surface area (TPSA) is 54.9 Å². The number of nitrogens with zero attached hydrogens (tertiary/aromatic N) is 3. The quantitative estimate of drug-likeness (QED) is 0.402. The molecule has 0 spiro atoms. The third kappa shape index (κ3) is 6.88. The third-order valence-electron chi connectivity index (χ3n) is 5.74. The van der Waals surface area contributed by atoms with Gasteiger partial charge < -0.3 is 9.47 Å². The summed E-state index contributed by atoms with van der Waals surface area (Å²) in [5.74, 6) is 0.624. The van der Waals surface area contributed by atoms with E-state index in [1.165, 1.54) is 29.0 Å². The standard InChI is InChI=1S/C25H30FN3O3S.ClH/c1-18(2)19-4-7-21(8-5-19)32-17-24(30)29(11-3-10-28-12-14-31-15-13-28)25-27-22-9-6-20(26)16-23(22)33-25;/h4-9,16,18H,3,10-15,17H2,1-2H3;1H. The molecule has 2 aromatic carbocycles. The number of rotatable bonds is 9. The zero-order valence-electron chi connectivity index (χ0n) is 19.5. The van der Waals surface area contributed by atoms with Gasteiger partial charge in [0.2, 0.25) is 0 Å². The fourth-order valence-electron chi connectivity index (χ4n) is 3.78. The highest BCUT2D eigenvalue weighted by Crippen LogP contribution is 2.30. The molecule has 1 aliphatic heterocycles. The lowest BCUT2D eigenvalue weighted by Gasteiger charge is -2.27. The van der Waals surface area contributed by atoms with Gasteiger partial charge in [-0.05, 0) is 48.2 Å². The number of hydrogen-bond donors (Lipinski definition) is 0. The maximum atomic E-state index is 13.7. The lowest BCUT2D eigenvalue weighted by Crippen LogP contribution is -2.40. The minimum absolute atomic E-state index is 0. The number of fused-ring (bicyclic) bond motifs is 1. The van der Waals surface area contributed by atoms with Gasteiger partial charge in [0.05, 0.1) is 23.4 Å². The Morgan fingerprint density at radius 2 is 1.94 bits per heavy atom. The van der Waals surface area contributed by atoms with E-state index in [1.807, 2.05) is 24.3 Å². The van der Waals surface area contributed by atoms with E-state index in [2.05, 4.69) is 23.7 Å². The van der Waals surface area contributed by atoms with Gasteiger partial charge in [-0.25, -0.2) is 9.37 Å². The van der Waals surface area contributed by atoms with E-state index in [4.69, 9.17) is 9.47 Å². The predicted molar refractivity (Wildman–Crippen MR) is 137 cm³/mol. The average molecular weight is 508 g/mol. The van der Waals surface area contributed by atoms with Crippen LogP contribution in [0.2, 0.25) is 0 Å². The number of halogens is 2.